The van der Waals surface area contributed by atoms with Crippen molar-refractivity contribution in [2.24, 2.45) is 11.8 Å². The minimum Gasteiger partial charge on any atom is -0.0654 e. The molecule has 3 rings (SSSR count). The normalized spacial score (nSPS) is 13.8. The lowest BCUT2D eigenvalue weighted by atomic mass is 9.86. The monoisotopic (exact) mass is 384 g/mol. The van der Waals surface area contributed by atoms with Gasteiger partial charge in [0.1, 0.15) is 0 Å². The molecule has 0 heteroatoms. The van der Waals surface area contributed by atoms with E-state index in [1.807, 2.05) is 0 Å². The zero-order valence-corrected chi connectivity index (χ0v) is 18.6. The SMILES string of the molecule is CCCC(C)CC(C)Cc1c(/C=C/c2ccc(CC)cc2)ccc2ccccc12. The Morgan fingerprint density at radius 3 is 2.28 bits per heavy atom. The van der Waals surface area contributed by atoms with Gasteiger partial charge >= 0.3 is 0 Å². The van der Waals surface area contributed by atoms with Crippen LogP contribution in [0.4, 0.5) is 0 Å². The summed E-state index contributed by atoms with van der Waals surface area (Å²) in [6.07, 6.45) is 10.7. The lowest BCUT2D eigenvalue weighted by Crippen LogP contribution is -2.07. The molecular weight excluding hydrogens is 348 g/mol. The standard InChI is InChI=1S/C29H36/c1-5-9-22(3)20-23(4)21-29-27(19-18-26-10-7-8-11-28(26)29)17-16-25-14-12-24(6-2)13-15-25/h7-8,10-19,22-23H,5-6,9,20-21H2,1-4H3/b17-16+. The maximum Gasteiger partial charge on any atom is -0.0146 e. The topological polar surface area (TPSA) is 0 Å². The molecule has 0 saturated carbocycles. The van der Waals surface area contributed by atoms with Crippen molar-refractivity contribution in [3.8, 4) is 0 Å². The van der Waals surface area contributed by atoms with Crippen molar-refractivity contribution in [3.63, 3.8) is 0 Å². The zero-order valence-electron chi connectivity index (χ0n) is 18.6. The van der Waals surface area contributed by atoms with Gasteiger partial charge in [0.2, 0.25) is 0 Å². The van der Waals surface area contributed by atoms with Crippen molar-refractivity contribution in [2.45, 2.75) is 59.8 Å². The Labute approximate surface area is 177 Å². The number of benzene rings is 3. The molecule has 3 aromatic rings. The quantitative estimate of drug-likeness (QED) is 0.324. The number of fused-ring (bicyclic) bond motifs is 1. The van der Waals surface area contributed by atoms with Crippen molar-refractivity contribution >= 4 is 22.9 Å². The van der Waals surface area contributed by atoms with Crippen LogP contribution in [0.3, 0.4) is 0 Å². The fourth-order valence-corrected chi connectivity index (χ4v) is 4.52. The van der Waals surface area contributed by atoms with Crippen molar-refractivity contribution in [1.82, 2.24) is 0 Å². The number of rotatable bonds is 9. The summed E-state index contributed by atoms with van der Waals surface area (Å²) >= 11 is 0. The minimum atomic E-state index is 0.693. The molecule has 0 aliphatic carbocycles. The van der Waals surface area contributed by atoms with Gasteiger partial charge in [-0.1, -0.05) is 113 Å². The summed E-state index contributed by atoms with van der Waals surface area (Å²) in [6.45, 7) is 9.32. The van der Waals surface area contributed by atoms with E-state index in [-0.39, 0.29) is 0 Å². The van der Waals surface area contributed by atoms with Gasteiger partial charge in [-0.3, -0.25) is 0 Å². The molecule has 2 unspecified atom stereocenters. The second-order valence-corrected chi connectivity index (χ2v) is 8.72. The molecule has 0 fully saturated rings. The van der Waals surface area contributed by atoms with Crippen molar-refractivity contribution in [1.29, 1.82) is 0 Å². The third-order valence-electron chi connectivity index (χ3n) is 6.06. The summed E-state index contributed by atoms with van der Waals surface area (Å²) in [6, 6.07) is 22.3. The molecule has 0 N–H and O–H groups in total. The summed E-state index contributed by atoms with van der Waals surface area (Å²) in [5.41, 5.74) is 5.52. The Bertz CT molecular complexity index is 930. The molecule has 0 bridgehead atoms. The van der Waals surface area contributed by atoms with Crippen LogP contribution in [0.1, 0.15) is 69.2 Å². The first-order valence-electron chi connectivity index (χ1n) is 11.4. The first-order chi connectivity index (χ1) is 14.1. The van der Waals surface area contributed by atoms with Gasteiger partial charge in [-0.05, 0) is 64.1 Å². The maximum atomic E-state index is 2.42. The molecule has 0 heterocycles. The molecule has 2 atom stereocenters. The predicted molar refractivity (Wildman–Crippen MR) is 130 cm³/mol. The first-order valence-corrected chi connectivity index (χ1v) is 11.4. The van der Waals surface area contributed by atoms with Crippen LogP contribution in [0, 0.1) is 11.8 Å². The Balaban J connectivity index is 1.89. The molecule has 0 spiro atoms. The van der Waals surface area contributed by atoms with E-state index in [4.69, 9.17) is 0 Å². The van der Waals surface area contributed by atoms with E-state index in [0.717, 1.165) is 18.8 Å². The van der Waals surface area contributed by atoms with E-state index in [1.165, 1.54) is 52.3 Å². The largest absolute Gasteiger partial charge is 0.0654 e. The summed E-state index contributed by atoms with van der Waals surface area (Å²) in [5, 5.41) is 2.76. The van der Waals surface area contributed by atoms with Crippen LogP contribution in [-0.2, 0) is 12.8 Å². The highest BCUT2D eigenvalue weighted by Crippen LogP contribution is 2.29. The van der Waals surface area contributed by atoms with E-state index < -0.39 is 0 Å². The second-order valence-electron chi connectivity index (χ2n) is 8.72. The van der Waals surface area contributed by atoms with E-state index >= 15 is 0 Å². The number of aryl methyl sites for hydroxylation is 1. The van der Waals surface area contributed by atoms with E-state index in [9.17, 15) is 0 Å². The molecule has 29 heavy (non-hydrogen) atoms. The lowest BCUT2D eigenvalue weighted by molar-refractivity contribution is 0.391. The third-order valence-corrected chi connectivity index (χ3v) is 6.06. The van der Waals surface area contributed by atoms with Gasteiger partial charge in [-0.15, -0.1) is 0 Å². The van der Waals surface area contributed by atoms with Crippen LogP contribution in [0.15, 0.2) is 60.7 Å². The number of hydrogen-bond donors (Lipinski definition) is 0. The molecule has 0 aromatic heterocycles. The fraction of sp³-hybridized carbons (Fsp3) is 0.379. The van der Waals surface area contributed by atoms with Gasteiger partial charge in [0.15, 0.2) is 0 Å². The molecule has 0 radical (unpaired) electrons. The van der Waals surface area contributed by atoms with E-state index in [2.05, 4.69) is 101 Å². The van der Waals surface area contributed by atoms with E-state index in [0.29, 0.717) is 5.92 Å². The molecule has 0 saturated heterocycles. The van der Waals surface area contributed by atoms with Gasteiger partial charge in [0, 0.05) is 0 Å². The molecule has 152 valence electrons. The molecule has 0 aliphatic heterocycles. The summed E-state index contributed by atoms with van der Waals surface area (Å²) in [5.74, 6) is 1.50. The maximum absolute atomic E-state index is 2.42. The van der Waals surface area contributed by atoms with Crippen LogP contribution in [0.25, 0.3) is 22.9 Å². The second kappa shape index (κ2) is 10.4. The highest BCUT2D eigenvalue weighted by atomic mass is 14.2. The molecule has 3 aromatic carbocycles. The average Bonchev–Trinajstić information content (AvgIpc) is 2.73. The van der Waals surface area contributed by atoms with Crippen molar-refractivity contribution in [2.75, 3.05) is 0 Å². The predicted octanol–water partition coefficient (Wildman–Crippen LogP) is 8.58. The first kappa shape index (κ1) is 21.4. The average molecular weight is 385 g/mol. The molecule has 0 amide bonds. The fourth-order valence-electron chi connectivity index (χ4n) is 4.52. The van der Waals surface area contributed by atoms with Crippen molar-refractivity contribution < 1.29 is 0 Å². The van der Waals surface area contributed by atoms with Gasteiger partial charge in [-0.25, -0.2) is 0 Å². The number of hydrogen-bond acceptors (Lipinski definition) is 0. The highest BCUT2D eigenvalue weighted by Gasteiger charge is 2.13. The van der Waals surface area contributed by atoms with Crippen molar-refractivity contribution in [3.05, 3.63) is 82.9 Å². The molecule has 0 nitrogen and oxygen atoms in total. The van der Waals surface area contributed by atoms with Crippen LogP contribution < -0.4 is 0 Å². The van der Waals surface area contributed by atoms with Crippen LogP contribution in [0.5, 0.6) is 0 Å². The molecular formula is C29H36. The summed E-state index contributed by atoms with van der Waals surface area (Å²) in [7, 11) is 0. The smallest absolute Gasteiger partial charge is 0.0146 e. The van der Waals surface area contributed by atoms with Gasteiger partial charge in [0.25, 0.3) is 0 Å². The lowest BCUT2D eigenvalue weighted by Gasteiger charge is -2.19. The molecule has 0 aliphatic rings. The van der Waals surface area contributed by atoms with Crippen LogP contribution in [0.2, 0.25) is 0 Å². The van der Waals surface area contributed by atoms with Crippen LogP contribution in [-0.4, -0.2) is 0 Å². The van der Waals surface area contributed by atoms with E-state index in [1.54, 1.807) is 0 Å². The minimum absolute atomic E-state index is 0.693. The third kappa shape index (κ3) is 5.82. The highest BCUT2D eigenvalue weighted by molar-refractivity contribution is 5.90. The Morgan fingerprint density at radius 1 is 0.793 bits per heavy atom. The Kier molecular flexibility index (Phi) is 7.69. The van der Waals surface area contributed by atoms with Gasteiger partial charge in [-0.2, -0.15) is 0 Å². The van der Waals surface area contributed by atoms with Gasteiger partial charge < -0.3 is 0 Å². The van der Waals surface area contributed by atoms with Crippen LogP contribution >= 0.6 is 0 Å². The summed E-state index contributed by atoms with van der Waals surface area (Å²) < 4.78 is 0. The Hall–Kier alpha value is -2.34. The van der Waals surface area contributed by atoms with Gasteiger partial charge in [0.05, 0.1) is 0 Å². The Morgan fingerprint density at radius 2 is 1.55 bits per heavy atom. The zero-order chi connectivity index (χ0) is 20.6. The summed E-state index contributed by atoms with van der Waals surface area (Å²) in [4.78, 5) is 0.